The number of thiophene rings is 1. The maximum absolute atomic E-state index is 14.1. The van der Waals surface area contributed by atoms with Crippen molar-refractivity contribution < 1.29 is 18.7 Å². The van der Waals surface area contributed by atoms with Crippen LogP contribution in [0, 0.1) is 5.82 Å². The molecule has 7 nitrogen and oxygen atoms in total. The standard InChI is InChI=1S/C29H33FN4O3S/c1-2-37-24-9-7-23(8-10-24)31-29(36)33-14-4-13-32(16-17-33)27(35)20-34-15-11-26-25(12-18-38-26)28(34)21-5-3-6-22(30)19-21/h3,5-10,12,18-19,28H,2,4,11,13-17,20H2,1H3,(H,31,36). The molecule has 1 N–H and O–H groups in total. The highest BCUT2D eigenvalue weighted by Gasteiger charge is 2.32. The molecule has 200 valence electrons. The minimum absolute atomic E-state index is 0.0406. The number of hydrogen-bond donors (Lipinski definition) is 1. The first-order chi connectivity index (χ1) is 18.5. The van der Waals surface area contributed by atoms with Gasteiger partial charge in [0.2, 0.25) is 5.91 Å². The third-order valence-corrected chi connectivity index (χ3v) is 8.12. The summed E-state index contributed by atoms with van der Waals surface area (Å²) in [6.45, 7) is 5.66. The SMILES string of the molecule is CCOc1ccc(NC(=O)N2CCCN(C(=O)CN3CCc4sccc4C3c3cccc(F)c3)CC2)cc1. The van der Waals surface area contributed by atoms with E-state index in [0.717, 1.165) is 29.8 Å². The maximum Gasteiger partial charge on any atom is 0.321 e. The van der Waals surface area contributed by atoms with Crippen LogP contribution in [0.3, 0.4) is 0 Å². The number of benzene rings is 2. The molecule has 0 spiro atoms. The van der Waals surface area contributed by atoms with Gasteiger partial charge in [0.15, 0.2) is 0 Å². The van der Waals surface area contributed by atoms with Crippen LogP contribution >= 0.6 is 11.3 Å². The Hall–Kier alpha value is -3.43. The highest BCUT2D eigenvalue weighted by atomic mass is 32.1. The number of halogens is 1. The third-order valence-electron chi connectivity index (χ3n) is 7.12. The Labute approximate surface area is 226 Å². The number of urea groups is 1. The average Bonchev–Trinajstić information content (AvgIpc) is 3.25. The molecule has 0 aliphatic carbocycles. The summed E-state index contributed by atoms with van der Waals surface area (Å²) in [6.07, 6.45) is 1.59. The Kier molecular flexibility index (Phi) is 8.24. The molecule has 0 radical (unpaired) electrons. The van der Waals surface area contributed by atoms with Crippen LogP contribution in [0.25, 0.3) is 0 Å². The first-order valence-electron chi connectivity index (χ1n) is 13.1. The molecule has 38 heavy (non-hydrogen) atoms. The highest BCUT2D eigenvalue weighted by molar-refractivity contribution is 7.10. The fourth-order valence-electron chi connectivity index (χ4n) is 5.25. The maximum atomic E-state index is 14.1. The summed E-state index contributed by atoms with van der Waals surface area (Å²) in [7, 11) is 0. The number of carbonyl (C=O) groups excluding carboxylic acids is 2. The molecule has 3 amide bonds. The molecule has 5 rings (SSSR count). The lowest BCUT2D eigenvalue weighted by Crippen LogP contribution is -2.45. The summed E-state index contributed by atoms with van der Waals surface area (Å²) < 4.78 is 19.6. The van der Waals surface area contributed by atoms with Gasteiger partial charge in [-0.05, 0) is 78.7 Å². The van der Waals surface area contributed by atoms with Crippen LogP contribution in [0.15, 0.2) is 60.0 Å². The van der Waals surface area contributed by atoms with E-state index in [4.69, 9.17) is 4.74 Å². The van der Waals surface area contributed by atoms with Gasteiger partial charge in [-0.25, -0.2) is 9.18 Å². The van der Waals surface area contributed by atoms with Gasteiger partial charge < -0.3 is 19.9 Å². The largest absolute Gasteiger partial charge is 0.494 e. The lowest BCUT2D eigenvalue weighted by molar-refractivity contribution is -0.132. The first kappa shape index (κ1) is 26.2. The molecule has 9 heteroatoms. The molecule has 1 fully saturated rings. The van der Waals surface area contributed by atoms with E-state index < -0.39 is 0 Å². The van der Waals surface area contributed by atoms with E-state index in [-0.39, 0.29) is 30.3 Å². The number of rotatable bonds is 6. The second-order valence-electron chi connectivity index (χ2n) is 9.59. The molecule has 3 heterocycles. The lowest BCUT2D eigenvalue weighted by Gasteiger charge is -2.37. The van der Waals surface area contributed by atoms with Gasteiger partial charge in [-0.1, -0.05) is 12.1 Å². The molecule has 3 aromatic rings. The van der Waals surface area contributed by atoms with Crippen LogP contribution in [0.1, 0.15) is 35.4 Å². The van der Waals surface area contributed by atoms with Crippen molar-refractivity contribution in [1.82, 2.24) is 14.7 Å². The summed E-state index contributed by atoms with van der Waals surface area (Å²) in [5.41, 5.74) is 2.73. The highest BCUT2D eigenvalue weighted by Crippen LogP contribution is 2.37. The van der Waals surface area contributed by atoms with Crippen LogP contribution in [0.4, 0.5) is 14.9 Å². The quantitative estimate of drug-likeness (QED) is 0.482. The van der Waals surface area contributed by atoms with E-state index in [1.165, 1.54) is 10.9 Å². The Balaban J connectivity index is 1.20. The number of ether oxygens (including phenoxy) is 1. The number of anilines is 1. The zero-order valence-electron chi connectivity index (χ0n) is 21.6. The van der Waals surface area contributed by atoms with Crippen LogP contribution in [0.2, 0.25) is 0 Å². The molecule has 1 atom stereocenters. The zero-order valence-corrected chi connectivity index (χ0v) is 22.4. The predicted molar refractivity (Wildman–Crippen MR) is 147 cm³/mol. The normalized spacial score (nSPS) is 18.0. The van der Waals surface area contributed by atoms with Crippen molar-refractivity contribution in [1.29, 1.82) is 0 Å². The Morgan fingerprint density at radius 2 is 1.82 bits per heavy atom. The van der Waals surface area contributed by atoms with Crippen LogP contribution in [-0.4, -0.2) is 72.5 Å². The van der Waals surface area contributed by atoms with E-state index in [1.807, 2.05) is 42.2 Å². The fourth-order valence-corrected chi connectivity index (χ4v) is 6.16. The number of amides is 3. The molecular formula is C29H33FN4O3S. The number of hydrogen-bond acceptors (Lipinski definition) is 5. The topological polar surface area (TPSA) is 65.1 Å². The summed E-state index contributed by atoms with van der Waals surface area (Å²) >= 11 is 1.72. The third kappa shape index (κ3) is 6.00. The van der Waals surface area contributed by atoms with Crippen LogP contribution in [-0.2, 0) is 11.2 Å². The molecule has 0 bridgehead atoms. The smallest absolute Gasteiger partial charge is 0.321 e. The summed E-state index contributed by atoms with van der Waals surface area (Å²) in [5.74, 6) is 0.532. The number of carbonyl (C=O) groups is 2. The number of nitrogens with zero attached hydrogens (tertiary/aromatic N) is 3. The summed E-state index contributed by atoms with van der Waals surface area (Å²) in [5, 5.41) is 5.02. The Bertz CT molecular complexity index is 1260. The van der Waals surface area contributed by atoms with Crippen molar-refractivity contribution in [3.05, 3.63) is 81.8 Å². The van der Waals surface area contributed by atoms with Crippen molar-refractivity contribution in [2.24, 2.45) is 0 Å². The monoisotopic (exact) mass is 536 g/mol. The second-order valence-corrected chi connectivity index (χ2v) is 10.6. The molecule has 2 aromatic carbocycles. The molecule has 1 aromatic heterocycles. The zero-order chi connectivity index (χ0) is 26.5. The minimum Gasteiger partial charge on any atom is -0.494 e. The summed E-state index contributed by atoms with van der Waals surface area (Å²) in [6, 6.07) is 15.8. The molecule has 2 aliphatic rings. The predicted octanol–water partition coefficient (Wildman–Crippen LogP) is 5.00. The van der Waals surface area contributed by atoms with Crippen LogP contribution in [0.5, 0.6) is 5.75 Å². The number of fused-ring (bicyclic) bond motifs is 1. The molecule has 1 saturated heterocycles. The van der Waals surface area contributed by atoms with Crippen molar-refractivity contribution in [3.8, 4) is 5.75 Å². The van der Waals surface area contributed by atoms with Crippen molar-refractivity contribution in [2.45, 2.75) is 25.8 Å². The van der Waals surface area contributed by atoms with E-state index >= 15 is 0 Å². The molecule has 1 unspecified atom stereocenters. The average molecular weight is 537 g/mol. The number of nitrogens with one attached hydrogen (secondary N) is 1. The van der Waals surface area contributed by atoms with E-state index in [1.54, 1.807) is 28.4 Å². The molecule has 0 saturated carbocycles. The fraction of sp³-hybridized carbons (Fsp3) is 0.379. The van der Waals surface area contributed by atoms with Gasteiger partial charge in [-0.2, -0.15) is 0 Å². The van der Waals surface area contributed by atoms with Gasteiger partial charge in [0.05, 0.1) is 19.2 Å². The van der Waals surface area contributed by atoms with E-state index in [0.29, 0.717) is 44.9 Å². The van der Waals surface area contributed by atoms with E-state index in [2.05, 4.69) is 21.7 Å². The van der Waals surface area contributed by atoms with E-state index in [9.17, 15) is 14.0 Å². The Morgan fingerprint density at radius 1 is 1.03 bits per heavy atom. The van der Waals surface area contributed by atoms with Crippen molar-refractivity contribution >= 4 is 29.0 Å². The van der Waals surface area contributed by atoms with Gasteiger partial charge in [-0.15, -0.1) is 11.3 Å². The van der Waals surface area contributed by atoms with Gasteiger partial charge in [0.25, 0.3) is 0 Å². The van der Waals surface area contributed by atoms with Gasteiger partial charge in [0.1, 0.15) is 11.6 Å². The summed E-state index contributed by atoms with van der Waals surface area (Å²) in [4.78, 5) is 33.4. The second kappa shape index (κ2) is 12.0. The first-order valence-corrected chi connectivity index (χ1v) is 14.0. The van der Waals surface area contributed by atoms with Gasteiger partial charge in [0, 0.05) is 43.3 Å². The van der Waals surface area contributed by atoms with Gasteiger partial charge in [-0.3, -0.25) is 9.69 Å². The minimum atomic E-state index is -0.271. The van der Waals surface area contributed by atoms with Crippen LogP contribution < -0.4 is 10.1 Å². The van der Waals surface area contributed by atoms with Gasteiger partial charge >= 0.3 is 6.03 Å². The Morgan fingerprint density at radius 3 is 2.61 bits per heavy atom. The molecule has 2 aliphatic heterocycles. The van der Waals surface area contributed by atoms with Crippen molar-refractivity contribution in [3.63, 3.8) is 0 Å². The lowest BCUT2D eigenvalue weighted by atomic mass is 9.93. The van der Waals surface area contributed by atoms with Crippen molar-refractivity contribution in [2.75, 3.05) is 51.2 Å². The molecular weight excluding hydrogens is 503 g/mol.